The SMILES string of the molecule is CC[C@H](C)[C@@H]1NC(=O)[C@H](CCC(N)=O)NC(=O)[C@H](C(C)C)NC(=O)[C@@H](N)CCCNC(=O)[C@H](CCCCN)NC(=O)[C@H](CC(C)C)NC(=O)[C@H](C(C)C)NC(=O)[C@H](C)N(C)C(=O)[C@H](C(C)C)NC(=O)[C@@H](N)CCCNC(=O)[C@H](Cc2ccc(O)cc2)NC(=O)[C@H](C(C)C)NC1=O.O=C(O)C(F)(F)F.O=C(O)C(F)(F)F. The number of amides is 13. The van der Waals surface area contributed by atoms with Gasteiger partial charge in [-0.05, 0) is 124 Å². The number of nitrogens with two attached hydrogens (primary N) is 4. The van der Waals surface area contributed by atoms with Crippen molar-refractivity contribution in [1.82, 2.24) is 63.4 Å². The maximum atomic E-state index is 14.4. The summed E-state index contributed by atoms with van der Waals surface area (Å²) in [4.78, 5) is 200. The Hall–Kier alpha value is -9.47. The van der Waals surface area contributed by atoms with Crippen molar-refractivity contribution in [2.75, 3.05) is 26.7 Å². The summed E-state index contributed by atoms with van der Waals surface area (Å²) in [6, 6.07) is -8.97. The van der Waals surface area contributed by atoms with Crippen molar-refractivity contribution in [1.29, 1.82) is 0 Å². The molecule has 0 spiro atoms. The van der Waals surface area contributed by atoms with Gasteiger partial charge in [0.25, 0.3) is 0 Å². The molecule has 1 heterocycles. The van der Waals surface area contributed by atoms with Crippen LogP contribution in [-0.2, 0) is 78.3 Å². The van der Waals surface area contributed by atoms with Crippen molar-refractivity contribution < 1.29 is 114 Å². The third-order valence-corrected chi connectivity index (χ3v) is 17.5. The lowest BCUT2D eigenvalue weighted by molar-refractivity contribution is -0.193. The zero-order chi connectivity index (χ0) is 85.0. The lowest BCUT2D eigenvalue weighted by Crippen LogP contribution is -2.61. The fraction of sp³-hybridized carbons (Fsp3) is 0.700. The number of hydrogen-bond donors (Lipinski definition) is 18. The molecule has 1 aliphatic rings. The van der Waals surface area contributed by atoms with Gasteiger partial charge in [0, 0.05) is 33.0 Å². The Morgan fingerprint density at radius 2 is 0.855 bits per heavy atom. The van der Waals surface area contributed by atoms with Gasteiger partial charge in [-0.1, -0.05) is 102 Å². The van der Waals surface area contributed by atoms with Gasteiger partial charge in [-0.2, -0.15) is 26.3 Å². The number of alkyl halides is 6. The summed E-state index contributed by atoms with van der Waals surface area (Å²) in [5.74, 6) is -18.0. The standard InChI is InChI=1S/C66H114N16O14.2C2HF3O2/c1-15-39(12)54-65(95)79-52(37(8)9)64(94)76-48(33-41-23-25-42(83)26-24-41)59(89)72-31-19-21-44(69)57(87)80-53(38(10)11)66(96)82(14)40(13)55(85)77-50(35(4)5)63(93)75-47(32-34(2)3)61(91)73-45(22-16-17-29-67)58(88)71-30-18-20-43(68)56(86)78-51(36(6)7)62(92)74-46(60(90)81-54)27-28-49(70)84;2*3-2(4,5)1(6)7/h23-26,34-40,43-48,50-54,83H,15-22,27-33,67-69H2,1-14H3,(H2,70,84)(H,71,88)(H,72,89)(H,73,91)(H,74,92)(H,75,93)(H,76,94)(H,77,85)(H,78,86)(H,79,95)(H,80,87)(H,81,90);2*(H,6,7)/t39-,40-,43-,44-,45-,46-,47-,48-,50-,51-,52-,53-,54-;;/m0../s1. The predicted molar refractivity (Wildman–Crippen MR) is 389 cm³/mol. The van der Waals surface area contributed by atoms with Gasteiger partial charge in [-0.3, -0.25) is 62.3 Å². The molecule has 626 valence electrons. The molecule has 1 saturated heterocycles. The maximum Gasteiger partial charge on any atom is 0.490 e. The second-order valence-electron chi connectivity index (χ2n) is 28.6. The summed E-state index contributed by atoms with van der Waals surface area (Å²) < 4.78 is 63.5. The Morgan fingerprint density at radius 3 is 1.25 bits per heavy atom. The predicted octanol–water partition coefficient (Wildman–Crippen LogP) is -0.0169. The van der Waals surface area contributed by atoms with Crippen LogP contribution in [0.5, 0.6) is 5.75 Å². The van der Waals surface area contributed by atoms with Crippen LogP contribution >= 0.6 is 0 Å². The van der Waals surface area contributed by atoms with Crippen molar-refractivity contribution in [3.05, 3.63) is 29.8 Å². The number of hydrogen-bond acceptors (Lipinski definition) is 19. The molecule has 0 bridgehead atoms. The van der Waals surface area contributed by atoms with Crippen LogP contribution < -0.4 is 81.4 Å². The van der Waals surface area contributed by atoms with Crippen LogP contribution in [0.15, 0.2) is 24.3 Å². The molecule has 0 aliphatic carbocycles. The first kappa shape index (κ1) is 101. The molecular weight excluding hydrogens is 1470 g/mol. The lowest BCUT2D eigenvalue weighted by Gasteiger charge is -2.32. The first-order valence-electron chi connectivity index (χ1n) is 36.3. The Labute approximate surface area is 636 Å². The van der Waals surface area contributed by atoms with Gasteiger partial charge in [0.1, 0.15) is 66.2 Å². The number of aliphatic carboxylic acids is 2. The van der Waals surface area contributed by atoms with Gasteiger partial charge >= 0.3 is 24.3 Å². The summed E-state index contributed by atoms with van der Waals surface area (Å²) >= 11 is 0. The van der Waals surface area contributed by atoms with E-state index in [9.17, 15) is 93.8 Å². The van der Waals surface area contributed by atoms with E-state index >= 15 is 0 Å². The summed E-state index contributed by atoms with van der Waals surface area (Å²) in [6.07, 6.45) is -9.02. The third kappa shape index (κ3) is 37.3. The molecule has 0 aromatic heterocycles. The third-order valence-electron chi connectivity index (χ3n) is 17.5. The molecule has 1 fully saturated rings. The summed E-state index contributed by atoms with van der Waals surface area (Å²) in [5.41, 5.74) is 24.5. The smallest absolute Gasteiger partial charge is 0.490 e. The summed E-state index contributed by atoms with van der Waals surface area (Å²) in [7, 11) is 1.37. The maximum absolute atomic E-state index is 14.4. The van der Waals surface area contributed by atoms with E-state index in [1.165, 1.54) is 26.1 Å². The van der Waals surface area contributed by atoms with Crippen LogP contribution in [-0.4, -0.2) is 220 Å². The molecule has 40 heteroatoms. The zero-order valence-corrected chi connectivity index (χ0v) is 64.8. The molecule has 34 nitrogen and oxygen atoms in total. The van der Waals surface area contributed by atoms with Gasteiger partial charge in [0.05, 0.1) is 12.1 Å². The minimum atomic E-state index is -5.08. The molecule has 1 aliphatic heterocycles. The lowest BCUT2D eigenvalue weighted by atomic mass is 9.95. The fourth-order valence-corrected chi connectivity index (χ4v) is 10.4. The Balaban J connectivity index is 0.00000768. The van der Waals surface area contributed by atoms with Crippen LogP contribution in [0.4, 0.5) is 26.3 Å². The molecule has 22 N–H and O–H groups in total. The first-order valence-corrected chi connectivity index (χ1v) is 36.3. The van der Waals surface area contributed by atoms with Crippen LogP contribution in [0.1, 0.15) is 166 Å². The number of carbonyl (C=O) groups excluding carboxylic acids is 13. The number of carboxylic acids is 2. The molecule has 2 rings (SSSR count). The quantitative estimate of drug-likeness (QED) is 0.0720. The number of unbranched alkanes of at least 4 members (excludes halogenated alkanes) is 1. The van der Waals surface area contributed by atoms with Crippen molar-refractivity contribution in [2.24, 2.45) is 58.4 Å². The van der Waals surface area contributed by atoms with Crippen molar-refractivity contribution in [2.45, 2.75) is 252 Å². The second-order valence-corrected chi connectivity index (χ2v) is 28.6. The number of carbonyl (C=O) groups is 15. The van der Waals surface area contributed by atoms with E-state index in [0.29, 0.717) is 31.4 Å². The van der Waals surface area contributed by atoms with Crippen molar-refractivity contribution in [3.63, 3.8) is 0 Å². The highest BCUT2D eigenvalue weighted by Crippen LogP contribution is 2.19. The van der Waals surface area contributed by atoms with Crippen LogP contribution in [0, 0.1) is 35.5 Å². The fourth-order valence-electron chi connectivity index (χ4n) is 10.4. The van der Waals surface area contributed by atoms with Gasteiger partial charge in [0.15, 0.2) is 0 Å². The normalized spacial score (nSPS) is 24.6. The average Bonchev–Trinajstić information content (AvgIpc) is 0.848. The van der Waals surface area contributed by atoms with Crippen molar-refractivity contribution in [3.8, 4) is 5.75 Å². The topological polar surface area (TPSA) is 556 Å². The number of halogens is 6. The number of carboxylic acid groups (broad SMARTS) is 2. The molecule has 1 aromatic rings. The van der Waals surface area contributed by atoms with Gasteiger partial charge in [0.2, 0.25) is 76.8 Å². The number of benzene rings is 1. The molecule has 110 heavy (non-hydrogen) atoms. The molecule has 0 saturated carbocycles. The number of rotatable bonds is 17. The molecule has 13 amide bonds. The number of nitrogens with one attached hydrogen (secondary N) is 11. The highest BCUT2D eigenvalue weighted by atomic mass is 19.4. The number of phenols is 1. The van der Waals surface area contributed by atoms with E-state index in [-0.39, 0.29) is 82.5 Å². The van der Waals surface area contributed by atoms with Crippen molar-refractivity contribution >= 4 is 88.7 Å². The molecule has 1 aromatic carbocycles. The largest absolute Gasteiger partial charge is 0.508 e. The highest BCUT2D eigenvalue weighted by Gasteiger charge is 2.41. The van der Waals surface area contributed by atoms with Crippen LogP contribution in [0.2, 0.25) is 0 Å². The Bertz CT molecular complexity index is 3200. The zero-order valence-electron chi connectivity index (χ0n) is 64.8. The average molecular weight is 1580 g/mol. The number of phenolic OH excluding ortho intramolecular Hbond substituents is 1. The molecule has 0 unspecified atom stereocenters. The van der Waals surface area contributed by atoms with E-state index in [4.69, 9.17) is 42.7 Å². The van der Waals surface area contributed by atoms with Crippen LogP contribution in [0.3, 0.4) is 0 Å². The molecule has 13 atom stereocenters. The highest BCUT2D eigenvalue weighted by molar-refractivity contribution is 5.99. The second kappa shape index (κ2) is 48.9. The van der Waals surface area contributed by atoms with Gasteiger partial charge in [-0.15, -0.1) is 0 Å². The van der Waals surface area contributed by atoms with E-state index < -0.39 is 203 Å². The van der Waals surface area contributed by atoms with Gasteiger partial charge in [-0.25, -0.2) is 9.59 Å². The number of aromatic hydroxyl groups is 1. The number of likely N-dealkylation sites (N-methyl/N-ethyl adjacent to an activating group) is 1. The first-order chi connectivity index (χ1) is 50.8. The summed E-state index contributed by atoms with van der Waals surface area (Å²) in [5, 5.41) is 54.3. The molecular formula is C70H116F6N16O18. The number of primary amides is 1. The van der Waals surface area contributed by atoms with E-state index in [1.54, 1.807) is 81.4 Å². The Kier molecular flexibility index (Phi) is 44.7. The summed E-state index contributed by atoms with van der Waals surface area (Å²) in [6.45, 7) is 22.1. The molecule has 0 radical (unpaired) electrons. The van der Waals surface area contributed by atoms with Gasteiger partial charge < -0.3 is 102 Å². The van der Waals surface area contributed by atoms with E-state index in [1.807, 2.05) is 13.8 Å². The Morgan fingerprint density at radius 1 is 0.500 bits per heavy atom. The van der Waals surface area contributed by atoms with Crippen LogP contribution in [0.25, 0.3) is 0 Å². The monoisotopic (exact) mass is 1580 g/mol. The minimum Gasteiger partial charge on any atom is -0.508 e. The number of nitrogens with zero attached hydrogens (tertiary/aromatic N) is 1. The van der Waals surface area contributed by atoms with E-state index in [0.717, 1.165) is 4.90 Å². The minimum absolute atomic E-state index is 0.00184. The van der Waals surface area contributed by atoms with E-state index in [2.05, 4.69) is 58.5 Å².